The first-order valence-corrected chi connectivity index (χ1v) is 10.4. The van der Waals surface area contributed by atoms with E-state index in [0.717, 1.165) is 42.1 Å². The predicted molar refractivity (Wildman–Crippen MR) is 115 cm³/mol. The molecular formula is C23H20N4S. The van der Waals surface area contributed by atoms with Gasteiger partial charge in [-0.25, -0.2) is 4.98 Å². The quantitative estimate of drug-likeness (QED) is 0.614. The molecule has 1 aliphatic heterocycles. The van der Waals surface area contributed by atoms with Crippen LogP contribution in [0.25, 0.3) is 11.0 Å². The minimum Gasteiger partial charge on any atom is -0.343 e. The molecular weight excluding hydrogens is 364 g/mol. The number of allylic oxidation sites excluding steroid dienone is 1. The fraction of sp³-hybridized carbons (Fsp3) is 0.261. The van der Waals surface area contributed by atoms with Crippen LogP contribution < -0.4 is 4.90 Å². The molecule has 5 heteroatoms. The summed E-state index contributed by atoms with van der Waals surface area (Å²) in [6.45, 7) is 4.11. The van der Waals surface area contributed by atoms with Gasteiger partial charge in [0, 0.05) is 54.5 Å². The Morgan fingerprint density at radius 3 is 2.96 bits per heavy atom. The van der Waals surface area contributed by atoms with Gasteiger partial charge in [0.05, 0.1) is 11.0 Å². The van der Waals surface area contributed by atoms with Gasteiger partial charge in [0.15, 0.2) is 5.13 Å². The van der Waals surface area contributed by atoms with Gasteiger partial charge < -0.3 is 4.90 Å². The highest BCUT2D eigenvalue weighted by molar-refractivity contribution is 7.15. The molecule has 0 N–H and O–H groups in total. The second-order valence-corrected chi connectivity index (χ2v) is 8.20. The number of fused-ring (bicyclic) bond motifs is 1. The maximum atomic E-state index is 4.74. The maximum absolute atomic E-state index is 4.74. The summed E-state index contributed by atoms with van der Waals surface area (Å²) in [7, 11) is 0. The lowest BCUT2D eigenvalue weighted by atomic mass is 9.99. The first-order valence-electron chi connectivity index (χ1n) is 9.57. The third-order valence-electron chi connectivity index (χ3n) is 5.36. The Kier molecular flexibility index (Phi) is 4.42. The van der Waals surface area contributed by atoms with Gasteiger partial charge in [-0.2, -0.15) is 0 Å². The van der Waals surface area contributed by atoms with Crippen LogP contribution in [0.1, 0.15) is 36.1 Å². The molecule has 0 fully saturated rings. The van der Waals surface area contributed by atoms with Crippen LogP contribution in [-0.2, 0) is 0 Å². The Bertz CT molecular complexity index is 1160. The maximum Gasteiger partial charge on any atom is 0.185 e. The Morgan fingerprint density at radius 2 is 2.04 bits per heavy atom. The third kappa shape index (κ3) is 3.21. The molecule has 138 valence electrons. The molecule has 1 aliphatic carbocycles. The summed E-state index contributed by atoms with van der Waals surface area (Å²) in [6.07, 6.45) is 11.7. The summed E-state index contributed by atoms with van der Waals surface area (Å²) in [4.78, 5) is 17.2. The lowest BCUT2D eigenvalue weighted by molar-refractivity contribution is 0.781. The Labute approximate surface area is 168 Å². The van der Waals surface area contributed by atoms with Crippen LogP contribution in [0.2, 0.25) is 0 Å². The van der Waals surface area contributed by atoms with Crippen molar-refractivity contribution >= 4 is 27.5 Å². The second-order valence-electron chi connectivity index (χ2n) is 7.16. The summed E-state index contributed by atoms with van der Waals surface area (Å²) < 4.78 is 0. The molecule has 2 aliphatic rings. The summed E-state index contributed by atoms with van der Waals surface area (Å²) in [5.41, 5.74) is 5.75. The first-order chi connectivity index (χ1) is 13.8. The van der Waals surface area contributed by atoms with E-state index in [1.54, 1.807) is 23.7 Å². The predicted octanol–water partition coefficient (Wildman–Crippen LogP) is 4.71. The number of benzene rings is 1. The van der Waals surface area contributed by atoms with Gasteiger partial charge in [-0.15, -0.1) is 11.3 Å². The highest BCUT2D eigenvalue weighted by Crippen LogP contribution is 2.35. The molecule has 0 amide bonds. The number of nitrogens with zero attached hydrogens (tertiary/aromatic N) is 4. The normalized spacial score (nSPS) is 17.1. The highest BCUT2D eigenvalue weighted by Gasteiger charge is 2.21. The zero-order valence-electron chi connectivity index (χ0n) is 15.7. The number of anilines is 1. The monoisotopic (exact) mass is 384 g/mol. The SMILES string of the molecule is CC(c1ccc2nccnc2c1)c1cnc(N2CCC3=C(C=CCC#C3)C2)s1. The fourth-order valence-corrected chi connectivity index (χ4v) is 4.72. The molecule has 1 atom stereocenters. The van der Waals surface area contributed by atoms with Crippen LogP contribution in [0.5, 0.6) is 0 Å². The van der Waals surface area contributed by atoms with Gasteiger partial charge in [-0.1, -0.05) is 37.0 Å². The van der Waals surface area contributed by atoms with Crippen molar-refractivity contribution in [1.29, 1.82) is 0 Å². The van der Waals surface area contributed by atoms with Crippen molar-refractivity contribution < 1.29 is 0 Å². The van der Waals surface area contributed by atoms with E-state index in [0.29, 0.717) is 0 Å². The summed E-state index contributed by atoms with van der Waals surface area (Å²) in [5, 5.41) is 1.10. The van der Waals surface area contributed by atoms with Crippen molar-refractivity contribution in [2.45, 2.75) is 25.7 Å². The van der Waals surface area contributed by atoms with Crippen LogP contribution in [0, 0.1) is 11.8 Å². The van der Waals surface area contributed by atoms with Crippen LogP contribution in [0.4, 0.5) is 5.13 Å². The minimum atomic E-state index is 0.279. The zero-order valence-corrected chi connectivity index (χ0v) is 16.5. The van der Waals surface area contributed by atoms with Crippen molar-refractivity contribution in [2.24, 2.45) is 0 Å². The van der Waals surface area contributed by atoms with E-state index < -0.39 is 0 Å². The molecule has 1 unspecified atom stereocenters. The van der Waals surface area contributed by atoms with Crippen molar-refractivity contribution in [1.82, 2.24) is 15.0 Å². The molecule has 0 radical (unpaired) electrons. The summed E-state index contributed by atoms with van der Waals surface area (Å²) in [5.74, 6) is 6.82. The third-order valence-corrected chi connectivity index (χ3v) is 6.60. The van der Waals surface area contributed by atoms with Gasteiger partial charge >= 0.3 is 0 Å². The molecule has 1 aromatic carbocycles. The van der Waals surface area contributed by atoms with Crippen molar-refractivity contribution in [3.63, 3.8) is 0 Å². The zero-order chi connectivity index (χ0) is 18.9. The molecule has 0 saturated heterocycles. The number of thiazole rings is 1. The fourth-order valence-electron chi connectivity index (χ4n) is 3.70. The van der Waals surface area contributed by atoms with Gasteiger partial charge in [0.1, 0.15) is 0 Å². The topological polar surface area (TPSA) is 41.9 Å². The highest BCUT2D eigenvalue weighted by atomic mass is 32.1. The summed E-state index contributed by atoms with van der Waals surface area (Å²) >= 11 is 1.79. The largest absolute Gasteiger partial charge is 0.343 e. The van der Waals surface area contributed by atoms with Gasteiger partial charge in [-0.3, -0.25) is 9.97 Å². The standard InChI is InChI=1S/C23H20N4S/c1-16(18-7-8-20-21(13-18)25-11-10-24-20)22-14-26-23(28-22)27-12-9-17-5-3-2-4-6-19(17)15-27/h4,6-8,10-11,13-14,16H,2,9,12,15H2,1H3. The Morgan fingerprint density at radius 1 is 1.14 bits per heavy atom. The van der Waals surface area contributed by atoms with Gasteiger partial charge in [-0.05, 0) is 29.7 Å². The molecule has 0 bridgehead atoms. The van der Waals surface area contributed by atoms with Crippen LogP contribution in [0.15, 0.2) is 60.1 Å². The number of hydrogen-bond donors (Lipinski definition) is 0. The van der Waals surface area contributed by atoms with E-state index in [2.05, 4.69) is 57.9 Å². The molecule has 0 spiro atoms. The smallest absolute Gasteiger partial charge is 0.185 e. The Balaban J connectivity index is 1.38. The molecule has 28 heavy (non-hydrogen) atoms. The minimum absolute atomic E-state index is 0.279. The lowest BCUT2D eigenvalue weighted by Crippen LogP contribution is -2.30. The second kappa shape index (κ2) is 7.21. The van der Waals surface area contributed by atoms with Crippen molar-refractivity contribution in [3.05, 3.63) is 70.5 Å². The van der Waals surface area contributed by atoms with Gasteiger partial charge in [0.2, 0.25) is 0 Å². The van der Waals surface area contributed by atoms with Gasteiger partial charge in [0.25, 0.3) is 0 Å². The molecule has 3 heterocycles. The number of aromatic nitrogens is 3. The molecule has 2 aromatic heterocycles. The van der Waals surface area contributed by atoms with Crippen molar-refractivity contribution in [3.8, 4) is 11.8 Å². The molecule has 5 rings (SSSR count). The molecule has 0 saturated carbocycles. The number of hydrogen-bond acceptors (Lipinski definition) is 5. The van der Waals surface area contributed by atoms with E-state index in [1.807, 2.05) is 12.3 Å². The van der Waals surface area contributed by atoms with E-state index in [9.17, 15) is 0 Å². The van der Waals surface area contributed by atoms with Crippen LogP contribution >= 0.6 is 11.3 Å². The average molecular weight is 385 g/mol. The van der Waals surface area contributed by atoms with E-state index in [4.69, 9.17) is 4.98 Å². The van der Waals surface area contributed by atoms with E-state index in [1.165, 1.54) is 21.6 Å². The molecule has 3 aromatic rings. The first kappa shape index (κ1) is 17.2. The molecule has 4 nitrogen and oxygen atoms in total. The summed E-state index contributed by atoms with van der Waals surface area (Å²) in [6, 6.07) is 6.33. The average Bonchev–Trinajstić information content (AvgIpc) is 3.12. The van der Waals surface area contributed by atoms with Crippen molar-refractivity contribution in [2.75, 3.05) is 18.0 Å². The van der Waals surface area contributed by atoms with E-state index in [-0.39, 0.29) is 5.92 Å². The lowest BCUT2D eigenvalue weighted by Gasteiger charge is -2.27. The number of rotatable bonds is 3. The Hall–Kier alpha value is -2.97. The van der Waals surface area contributed by atoms with E-state index >= 15 is 0 Å². The van der Waals surface area contributed by atoms with Crippen LogP contribution in [0.3, 0.4) is 0 Å². The van der Waals surface area contributed by atoms with Crippen LogP contribution in [-0.4, -0.2) is 28.0 Å².